The third-order valence-electron chi connectivity index (χ3n) is 3.20. The van der Waals surface area contributed by atoms with Gasteiger partial charge in [0.1, 0.15) is 0 Å². The highest BCUT2D eigenvalue weighted by Crippen LogP contribution is 2.31. The zero-order valence-corrected chi connectivity index (χ0v) is 16.8. The number of hydrogen-bond acceptors (Lipinski definition) is 4. The molecule has 7 heteroatoms. The molecule has 0 amide bonds. The molecule has 0 unspecified atom stereocenters. The van der Waals surface area contributed by atoms with Crippen LogP contribution in [0.2, 0.25) is 10.0 Å². The summed E-state index contributed by atoms with van der Waals surface area (Å²) in [6, 6.07) is 5.44. The molecule has 1 heterocycles. The minimum Gasteiger partial charge on any atom is -0.378 e. The van der Waals surface area contributed by atoms with Crippen molar-refractivity contribution in [1.82, 2.24) is 14.8 Å². The van der Waals surface area contributed by atoms with Gasteiger partial charge in [0.15, 0.2) is 11.0 Å². The van der Waals surface area contributed by atoms with E-state index in [0.717, 1.165) is 28.8 Å². The van der Waals surface area contributed by atoms with E-state index in [0.29, 0.717) is 22.6 Å². The zero-order chi connectivity index (χ0) is 17.7. The summed E-state index contributed by atoms with van der Waals surface area (Å²) in [4.78, 5) is 0. The van der Waals surface area contributed by atoms with Crippen LogP contribution in [0.15, 0.2) is 23.4 Å². The number of benzene rings is 1. The van der Waals surface area contributed by atoms with Crippen LogP contribution < -0.4 is 0 Å². The zero-order valence-electron chi connectivity index (χ0n) is 14.4. The highest BCUT2D eigenvalue weighted by molar-refractivity contribution is 7.99. The molecule has 0 saturated carbocycles. The Morgan fingerprint density at radius 3 is 2.54 bits per heavy atom. The number of thioether (sulfide) groups is 1. The van der Waals surface area contributed by atoms with Crippen LogP contribution in [0.3, 0.4) is 0 Å². The van der Waals surface area contributed by atoms with Crippen molar-refractivity contribution in [3.05, 3.63) is 28.2 Å². The Morgan fingerprint density at radius 2 is 1.92 bits per heavy atom. The van der Waals surface area contributed by atoms with Gasteiger partial charge in [-0.1, -0.05) is 48.8 Å². The lowest BCUT2D eigenvalue weighted by Crippen LogP contribution is -2.09. The quantitative estimate of drug-likeness (QED) is 0.447. The number of rotatable bonds is 8. The number of nitrogens with zero attached hydrogens (tertiary/aromatic N) is 3. The summed E-state index contributed by atoms with van der Waals surface area (Å²) in [6.45, 7) is 9.93. The SMILES string of the molecule is CC(C)Cn1c(SCCOC(C)C)nnc1-c1ccc(Cl)cc1Cl. The minimum absolute atomic E-state index is 0.238. The molecular formula is C17H23Cl2N3OS. The van der Waals surface area contributed by atoms with E-state index in [4.69, 9.17) is 27.9 Å². The molecule has 1 aromatic carbocycles. The summed E-state index contributed by atoms with van der Waals surface area (Å²) in [7, 11) is 0. The van der Waals surface area contributed by atoms with Crippen molar-refractivity contribution in [2.75, 3.05) is 12.4 Å². The van der Waals surface area contributed by atoms with Crippen LogP contribution in [-0.4, -0.2) is 33.2 Å². The van der Waals surface area contributed by atoms with E-state index in [1.807, 2.05) is 26.0 Å². The van der Waals surface area contributed by atoms with Gasteiger partial charge in [0.25, 0.3) is 0 Å². The van der Waals surface area contributed by atoms with Gasteiger partial charge in [0, 0.05) is 22.9 Å². The first-order chi connectivity index (χ1) is 11.4. The van der Waals surface area contributed by atoms with E-state index in [9.17, 15) is 0 Å². The molecule has 0 N–H and O–H groups in total. The summed E-state index contributed by atoms with van der Waals surface area (Å²) >= 11 is 14.0. The monoisotopic (exact) mass is 387 g/mol. The molecule has 0 saturated heterocycles. The molecule has 4 nitrogen and oxygen atoms in total. The van der Waals surface area contributed by atoms with Crippen LogP contribution in [-0.2, 0) is 11.3 Å². The van der Waals surface area contributed by atoms with Crippen molar-refractivity contribution < 1.29 is 4.74 Å². The summed E-state index contributed by atoms with van der Waals surface area (Å²) in [6.07, 6.45) is 0.238. The minimum atomic E-state index is 0.238. The average Bonchev–Trinajstić information content (AvgIpc) is 2.85. The average molecular weight is 388 g/mol. The molecule has 0 aliphatic carbocycles. The van der Waals surface area contributed by atoms with Gasteiger partial charge in [0.05, 0.1) is 17.7 Å². The van der Waals surface area contributed by atoms with Gasteiger partial charge in [-0.2, -0.15) is 0 Å². The summed E-state index contributed by atoms with van der Waals surface area (Å²) in [5, 5.41) is 10.8. The van der Waals surface area contributed by atoms with Crippen LogP contribution >= 0.6 is 35.0 Å². The first-order valence-electron chi connectivity index (χ1n) is 8.01. The van der Waals surface area contributed by atoms with Gasteiger partial charge in [-0.05, 0) is 38.0 Å². The molecule has 0 bridgehead atoms. The van der Waals surface area contributed by atoms with Crippen molar-refractivity contribution in [3.63, 3.8) is 0 Å². The van der Waals surface area contributed by atoms with Crippen molar-refractivity contribution in [2.24, 2.45) is 5.92 Å². The van der Waals surface area contributed by atoms with Crippen molar-refractivity contribution >= 4 is 35.0 Å². The smallest absolute Gasteiger partial charge is 0.191 e. The molecule has 0 fully saturated rings. The fourth-order valence-corrected chi connectivity index (χ4v) is 3.48. The summed E-state index contributed by atoms with van der Waals surface area (Å²) in [5.74, 6) is 2.08. The Balaban J connectivity index is 2.24. The van der Waals surface area contributed by atoms with Crippen molar-refractivity contribution in [1.29, 1.82) is 0 Å². The van der Waals surface area contributed by atoms with Crippen molar-refractivity contribution in [3.8, 4) is 11.4 Å². The third kappa shape index (κ3) is 5.38. The standard InChI is InChI=1S/C17H23Cl2N3OS/c1-11(2)10-22-16(14-6-5-13(18)9-15(14)19)20-21-17(22)24-8-7-23-12(3)4/h5-6,9,11-12H,7-8,10H2,1-4H3. The second-order valence-electron chi connectivity index (χ2n) is 6.20. The molecule has 0 aliphatic rings. The van der Waals surface area contributed by atoms with E-state index in [-0.39, 0.29) is 6.10 Å². The Morgan fingerprint density at radius 1 is 1.17 bits per heavy atom. The topological polar surface area (TPSA) is 39.9 Å². The van der Waals surface area contributed by atoms with Crippen LogP contribution in [0.5, 0.6) is 0 Å². The lowest BCUT2D eigenvalue weighted by Gasteiger charge is -2.13. The van der Waals surface area contributed by atoms with Gasteiger partial charge in [-0.3, -0.25) is 0 Å². The second-order valence-corrected chi connectivity index (χ2v) is 8.11. The van der Waals surface area contributed by atoms with E-state index in [2.05, 4.69) is 28.6 Å². The molecule has 0 atom stereocenters. The molecular weight excluding hydrogens is 365 g/mol. The van der Waals surface area contributed by atoms with Crippen LogP contribution in [0, 0.1) is 5.92 Å². The highest BCUT2D eigenvalue weighted by atomic mass is 35.5. The van der Waals surface area contributed by atoms with Crippen LogP contribution in [0.1, 0.15) is 27.7 Å². The van der Waals surface area contributed by atoms with E-state index >= 15 is 0 Å². The lowest BCUT2D eigenvalue weighted by atomic mass is 10.2. The van der Waals surface area contributed by atoms with Gasteiger partial charge in [-0.25, -0.2) is 0 Å². The van der Waals surface area contributed by atoms with E-state index in [1.54, 1.807) is 17.8 Å². The maximum absolute atomic E-state index is 6.35. The van der Waals surface area contributed by atoms with Gasteiger partial charge in [0.2, 0.25) is 0 Å². The normalized spacial score (nSPS) is 11.7. The molecule has 1 aromatic heterocycles. The predicted molar refractivity (Wildman–Crippen MR) is 102 cm³/mol. The van der Waals surface area contributed by atoms with Gasteiger partial charge >= 0.3 is 0 Å². The molecule has 132 valence electrons. The Labute approximate surface area is 157 Å². The predicted octanol–water partition coefficient (Wildman–Crippen LogP) is 5.43. The first-order valence-corrected chi connectivity index (χ1v) is 9.75. The number of hydrogen-bond donors (Lipinski definition) is 0. The number of ether oxygens (including phenoxy) is 1. The first kappa shape index (κ1) is 19.6. The highest BCUT2D eigenvalue weighted by Gasteiger charge is 2.17. The van der Waals surface area contributed by atoms with Gasteiger partial charge in [-0.15, -0.1) is 10.2 Å². The summed E-state index contributed by atoms with van der Waals surface area (Å²) < 4.78 is 7.72. The third-order valence-corrected chi connectivity index (χ3v) is 4.68. The largest absolute Gasteiger partial charge is 0.378 e. The van der Waals surface area contributed by atoms with Crippen LogP contribution in [0.25, 0.3) is 11.4 Å². The fourth-order valence-electron chi connectivity index (χ4n) is 2.21. The van der Waals surface area contributed by atoms with Crippen molar-refractivity contribution in [2.45, 2.75) is 45.5 Å². The molecule has 0 radical (unpaired) electrons. The van der Waals surface area contributed by atoms with Crippen LogP contribution in [0.4, 0.5) is 0 Å². The van der Waals surface area contributed by atoms with Gasteiger partial charge < -0.3 is 9.30 Å². The van der Waals surface area contributed by atoms with E-state index in [1.165, 1.54) is 0 Å². The maximum atomic E-state index is 6.35. The molecule has 0 aliphatic heterocycles. The Kier molecular flexibility index (Phi) is 7.41. The summed E-state index contributed by atoms with van der Waals surface area (Å²) in [5.41, 5.74) is 0.847. The lowest BCUT2D eigenvalue weighted by molar-refractivity contribution is 0.0920. The number of halogens is 2. The Bertz CT molecular complexity index is 674. The fraction of sp³-hybridized carbons (Fsp3) is 0.529. The molecule has 2 aromatic rings. The Hall–Kier alpha value is -0.750. The molecule has 0 spiro atoms. The molecule has 24 heavy (non-hydrogen) atoms. The van der Waals surface area contributed by atoms with E-state index < -0.39 is 0 Å². The second kappa shape index (κ2) is 9.09. The maximum Gasteiger partial charge on any atom is 0.191 e. The number of aromatic nitrogens is 3. The molecule has 2 rings (SSSR count).